The normalized spacial score (nSPS) is 24.0. The van der Waals surface area contributed by atoms with Crippen molar-refractivity contribution in [3.8, 4) is 0 Å². The fraction of sp³-hybridized carbons (Fsp3) is 0.423. The van der Waals surface area contributed by atoms with Crippen LogP contribution in [0.25, 0.3) is 6.08 Å². The summed E-state index contributed by atoms with van der Waals surface area (Å²) in [5.74, 6) is 2.72. The zero-order valence-electron chi connectivity index (χ0n) is 21.0. The summed E-state index contributed by atoms with van der Waals surface area (Å²) >= 11 is 3.53. The minimum atomic E-state index is -0.301. The third-order valence-corrected chi connectivity index (χ3v) is 8.55. The summed E-state index contributed by atoms with van der Waals surface area (Å²) < 4.78 is 7.66. The van der Waals surface area contributed by atoms with Gasteiger partial charge >= 0.3 is 0 Å². The molecule has 1 aliphatic heterocycles. The van der Waals surface area contributed by atoms with Crippen LogP contribution < -0.4 is 5.73 Å². The number of ether oxygens (including phenoxy) is 1. The van der Waals surface area contributed by atoms with Crippen LogP contribution in [0.2, 0.25) is 0 Å². The van der Waals surface area contributed by atoms with Crippen molar-refractivity contribution in [2.75, 3.05) is 12.3 Å². The second-order valence-electron chi connectivity index (χ2n) is 9.18. The van der Waals surface area contributed by atoms with Crippen molar-refractivity contribution in [2.24, 2.45) is 15.0 Å². The molecule has 4 atom stereocenters. The lowest BCUT2D eigenvalue weighted by Gasteiger charge is -2.17. The average molecular weight is 522 g/mol. The Morgan fingerprint density at radius 1 is 1.31 bits per heavy atom. The van der Waals surface area contributed by atoms with Gasteiger partial charge in [0.05, 0.1) is 11.3 Å². The molecule has 2 aromatic rings. The molecule has 0 bridgehead atoms. The predicted octanol–water partition coefficient (Wildman–Crippen LogP) is 5.41. The molecule has 2 aromatic heterocycles. The van der Waals surface area contributed by atoms with Gasteiger partial charge < -0.3 is 10.5 Å². The quantitative estimate of drug-likeness (QED) is 0.404. The maximum absolute atomic E-state index is 6.00. The second-order valence-corrected chi connectivity index (χ2v) is 11.3. The highest BCUT2D eigenvalue weighted by Gasteiger charge is 2.27. The van der Waals surface area contributed by atoms with E-state index >= 15 is 0 Å². The van der Waals surface area contributed by atoms with Gasteiger partial charge in [-0.25, -0.2) is 14.7 Å². The molecule has 0 radical (unpaired) electrons. The molecule has 0 saturated heterocycles. The molecular formula is C26H31N7OS2. The zero-order chi connectivity index (χ0) is 25.2. The number of fused-ring (bicyclic) bond motifs is 2. The first-order valence-corrected chi connectivity index (χ1v) is 13.9. The summed E-state index contributed by atoms with van der Waals surface area (Å²) in [6.07, 6.45) is 14.3. The van der Waals surface area contributed by atoms with E-state index in [1.165, 1.54) is 16.0 Å². The molecule has 8 nitrogen and oxygen atoms in total. The smallest absolute Gasteiger partial charge is 0.239 e. The monoisotopic (exact) mass is 521 g/mol. The Hall–Kier alpha value is -2.98. The topological polar surface area (TPSA) is 103 Å². The molecule has 188 valence electrons. The zero-order valence-corrected chi connectivity index (χ0v) is 22.6. The third-order valence-electron chi connectivity index (χ3n) is 6.33. The van der Waals surface area contributed by atoms with Crippen LogP contribution in [0.3, 0.4) is 0 Å². The van der Waals surface area contributed by atoms with Crippen LogP contribution in [0.15, 0.2) is 50.7 Å². The Labute approximate surface area is 219 Å². The van der Waals surface area contributed by atoms with Gasteiger partial charge in [-0.3, -0.25) is 4.99 Å². The summed E-state index contributed by atoms with van der Waals surface area (Å²) in [4.78, 5) is 19.8. The molecule has 5 rings (SSSR count). The van der Waals surface area contributed by atoms with Gasteiger partial charge in [-0.1, -0.05) is 49.1 Å². The van der Waals surface area contributed by atoms with Gasteiger partial charge in [0, 0.05) is 18.2 Å². The molecule has 0 fully saturated rings. The maximum atomic E-state index is 6.00. The molecule has 2 N–H and O–H groups in total. The first-order valence-electron chi connectivity index (χ1n) is 12.2. The van der Waals surface area contributed by atoms with Gasteiger partial charge in [-0.2, -0.15) is 4.98 Å². The van der Waals surface area contributed by atoms with Crippen LogP contribution in [-0.2, 0) is 11.2 Å². The predicted molar refractivity (Wildman–Crippen MR) is 151 cm³/mol. The van der Waals surface area contributed by atoms with Crippen LogP contribution in [0.1, 0.15) is 68.0 Å². The van der Waals surface area contributed by atoms with Gasteiger partial charge in [-0.05, 0) is 48.8 Å². The highest BCUT2D eigenvalue weighted by molar-refractivity contribution is 8.15. The molecule has 0 aromatic carbocycles. The van der Waals surface area contributed by atoms with Crippen LogP contribution >= 0.6 is 23.1 Å². The lowest BCUT2D eigenvalue weighted by atomic mass is 9.89. The largest absolute Gasteiger partial charge is 0.474 e. The number of hydrogen-bond acceptors (Lipinski definition) is 8. The Morgan fingerprint density at radius 2 is 2.14 bits per heavy atom. The molecule has 0 saturated carbocycles. The number of aliphatic imine (C=N–C) groups is 3. The molecule has 3 heterocycles. The molecular weight excluding hydrogens is 490 g/mol. The highest BCUT2D eigenvalue weighted by atomic mass is 32.2. The number of amidine groups is 1. The average Bonchev–Trinajstić information content (AvgIpc) is 3.55. The van der Waals surface area contributed by atoms with E-state index in [-0.39, 0.29) is 18.2 Å². The summed E-state index contributed by atoms with van der Waals surface area (Å²) in [6.45, 7) is 8.35. The first-order chi connectivity index (χ1) is 17.4. The number of allylic oxidation sites excluding steroid dienone is 3. The number of thiophene rings is 1. The maximum Gasteiger partial charge on any atom is 0.239 e. The number of aromatic nitrogens is 3. The fourth-order valence-corrected chi connectivity index (χ4v) is 6.91. The van der Waals surface area contributed by atoms with E-state index in [0.29, 0.717) is 35.9 Å². The molecule has 0 spiro atoms. The van der Waals surface area contributed by atoms with Crippen LogP contribution in [0.5, 0.6) is 0 Å². The molecule has 3 aliphatic rings. The third kappa shape index (κ3) is 5.39. The van der Waals surface area contributed by atoms with Crippen LogP contribution in [0, 0.1) is 0 Å². The van der Waals surface area contributed by atoms with Crippen molar-refractivity contribution in [2.45, 2.75) is 63.9 Å². The van der Waals surface area contributed by atoms with Gasteiger partial charge in [0.15, 0.2) is 5.90 Å². The summed E-state index contributed by atoms with van der Waals surface area (Å²) in [6, 6.07) is 0.212. The van der Waals surface area contributed by atoms with E-state index < -0.39 is 0 Å². The van der Waals surface area contributed by atoms with Crippen molar-refractivity contribution < 1.29 is 4.74 Å². The van der Waals surface area contributed by atoms with Crippen LogP contribution in [-0.4, -0.2) is 49.4 Å². The molecule has 0 amide bonds. The van der Waals surface area contributed by atoms with E-state index in [1.807, 2.05) is 26.8 Å². The molecule has 2 aliphatic carbocycles. The van der Waals surface area contributed by atoms with Gasteiger partial charge in [0.2, 0.25) is 5.95 Å². The summed E-state index contributed by atoms with van der Waals surface area (Å²) in [5.41, 5.74) is 8.70. The van der Waals surface area contributed by atoms with Gasteiger partial charge in [0.1, 0.15) is 29.5 Å². The lowest BCUT2D eigenvalue weighted by Crippen LogP contribution is -2.13. The van der Waals surface area contributed by atoms with E-state index in [1.54, 1.807) is 27.8 Å². The summed E-state index contributed by atoms with van der Waals surface area (Å²) in [7, 11) is 0. The second kappa shape index (κ2) is 10.6. The Balaban J connectivity index is 1.24. The highest BCUT2D eigenvalue weighted by Crippen LogP contribution is 2.37. The van der Waals surface area contributed by atoms with Gasteiger partial charge in [-0.15, -0.1) is 16.4 Å². The minimum absolute atomic E-state index is 0.212. The number of anilines is 1. The SMILES string of the molecule is CC(=N/C(C)=N\C(C)n1nc(N)nc1Cc1csc2c1C(C)CC=C2)OCC1=NC2C=CC=CC2S1. The molecule has 36 heavy (non-hydrogen) atoms. The Kier molecular flexibility index (Phi) is 7.25. The number of rotatable bonds is 6. The van der Waals surface area contributed by atoms with Crippen molar-refractivity contribution in [1.29, 1.82) is 0 Å². The number of nitrogens with two attached hydrogens (primary N) is 1. The molecule has 10 heteroatoms. The van der Waals surface area contributed by atoms with E-state index in [0.717, 1.165) is 17.3 Å². The van der Waals surface area contributed by atoms with Crippen molar-refractivity contribution in [3.63, 3.8) is 0 Å². The van der Waals surface area contributed by atoms with Crippen LogP contribution in [0.4, 0.5) is 5.95 Å². The van der Waals surface area contributed by atoms with Crippen molar-refractivity contribution in [1.82, 2.24) is 14.8 Å². The number of nitrogens with zero attached hydrogens (tertiary/aromatic N) is 6. The number of nitrogen functional groups attached to an aromatic ring is 1. The van der Waals surface area contributed by atoms with Crippen molar-refractivity contribution in [3.05, 3.63) is 57.6 Å². The van der Waals surface area contributed by atoms with E-state index in [4.69, 9.17) is 20.5 Å². The Bertz CT molecular complexity index is 1310. The standard InChI is InChI=1S/C26H31N7OS2/c1-15-8-7-11-22-25(15)19(14-35-22)12-23-31-26(27)32-33(23)17(3)28-16(2)29-18(4)34-13-24-30-20-9-5-6-10-21(20)36-24/h5-7,9-11,14-15,17,20-21H,8,12-13H2,1-4H3,(H2,27,32)/b28-16-,29-18?. The first kappa shape index (κ1) is 24.7. The van der Waals surface area contributed by atoms with Gasteiger partial charge in [0.25, 0.3) is 0 Å². The fourth-order valence-electron chi connectivity index (χ4n) is 4.71. The van der Waals surface area contributed by atoms with E-state index in [2.05, 4.69) is 57.8 Å². The Morgan fingerprint density at radius 3 is 2.97 bits per heavy atom. The van der Waals surface area contributed by atoms with E-state index in [9.17, 15) is 0 Å². The summed E-state index contributed by atoms with van der Waals surface area (Å²) in [5, 5.41) is 8.02. The lowest BCUT2D eigenvalue weighted by molar-refractivity contribution is 0.364. The minimum Gasteiger partial charge on any atom is -0.474 e. The number of hydrogen-bond donors (Lipinski definition) is 1. The number of thioether (sulfide) groups is 1. The van der Waals surface area contributed by atoms with Crippen molar-refractivity contribution >= 4 is 51.9 Å². The molecule has 4 unspecified atom stereocenters.